The normalized spacial score (nSPS) is 16.6. The molecule has 1 aliphatic rings. The van der Waals surface area contributed by atoms with Gasteiger partial charge in [-0.1, -0.05) is 64.2 Å². The number of rotatable bonds is 13. The van der Waals surface area contributed by atoms with Gasteiger partial charge in [0.05, 0.1) is 0 Å². The predicted octanol–water partition coefficient (Wildman–Crippen LogP) is 4.63. The van der Waals surface area contributed by atoms with Crippen LogP contribution in [-0.2, 0) is 0 Å². The maximum absolute atomic E-state index is 5.49. The van der Waals surface area contributed by atoms with Gasteiger partial charge >= 0.3 is 0 Å². The summed E-state index contributed by atoms with van der Waals surface area (Å²) in [5, 5.41) is 3.67. The molecule has 120 valence electrons. The van der Waals surface area contributed by atoms with E-state index in [1.54, 1.807) is 0 Å². The minimum atomic E-state index is 0.869. The van der Waals surface area contributed by atoms with Crippen molar-refractivity contribution in [3.8, 4) is 0 Å². The number of nitrogens with two attached hydrogens (primary N) is 1. The Bertz CT molecular complexity index is 188. The molecule has 1 aliphatic carbocycles. The van der Waals surface area contributed by atoms with Gasteiger partial charge < -0.3 is 11.1 Å². The van der Waals surface area contributed by atoms with E-state index in [0.717, 1.165) is 12.5 Å². The third kappa shape index (κ3) is 10.7. The summed E-state index contributed by atoms with van der Waals surface area (Å²) in [5.41, 5.74) is 5.49. The Morgan fingerprint density at radius 3 is 1.85 bits per heavy atom. The molecular weight excluding hydrogens is 244 g/mol. The summed E-state index contributed by atoms with van der Waals surface area (Å²) in [6.45, 7) is 3.39. The summed E-state index contributed by atoms with van der Waals surface area (Å²) in [6, 6.07) is 0. The molecule has 20 heavy (non-hydrogen) atoms. The Morgan fingerprint density at radius 1 is 0.700 bits per heavy atom. The van der Waals surface area contributed by atoms with Crippen LogP contribution in [0.2, 0.25) is 0 Å². The predicted molar refractivity (Wildman–Crippen MR) is 90.1 cm³/mol. The Balaban J connectivity index is 1.70. The molecular formula is C18H38N2. The molecule has 2 nitrogen and oxygen atoms in total. The largest absolute Gasteiger partial charge is 0.330 e. The Morgan fingerprint density at radius 2 is 1.25 bits per heavy atom. The maximum Gasteiger partial charge on any atom is -0.00205 e. The first kappa shape index (κ1) is 18.0. The summed E-state index contributed by atoms with van der Waals surface area (Å²) in [6.07, 6.45) is 19.8. The van der Waals surface area contributed by atoms with Crippen LogP contribution in [0.25, 0.3) is 0 Å². The summed E-state index contributed by atoms with van der Waals surface area (Å²) >= 11 is 0. The summed E-state index contributed by atoms with van der Waals surface area (Å²) in [5.74, 6) is 0.984. The van der Waals surface area contributed by atoms with Crippen molar-refractivity contribution < 1.29 is 0 Å². The molecule has 0 aromatic heterocycles. The van der Waals surface area contributed by atoms with E-state index in [9.17, 15) is 0 Å². The van der Waals surface area contributed by atoms with Gasteiger partial charge in [-0.25, -0.2) is 0 Å². The highest BCUT2D eigenvalue weighted by Gasteiger charge is 2.11. The van der Waals surface area contributed by atoms with Crippen LogP contribution in [0.5, 0.6) is 0 Å². The van der Waals surface area contributed by atoms with Gasteiger partial charge in [-0.3, -0.25) is 0 Å². The van der Waals surface area contributed by atoms with Gasteiger partial charge in [-0.2, -0.15) is 0 Å². The lowest BCUT2D eigenvalue weighted by atomic mass is 9.89. The fraction of sp³-hybridized carbons (Fsp3) is 1.00. The lowest BCUT2D eigenvalue weighted by Gasteiger charge is -2.21. The van der Waals surface area contributed by atoms with Crippen LogP contribution in [0, 0.1) is 5.92 Å². The highest BCUT2D eigenvalue weighted by atomic mass is 14.9. The minimum Gasteiger partial charge on any atom is -0.330 e. The molecule has 1 fully saturated rings. The lowest BCUT2D eigenvalue weighted by molar-refractivity contribution is 0.341. The van der Waals surface area contributed by atoms with E-state index in [-0.39, 0.29) is 0 Å². The zero-order valence-electron chi connectivity index (χ0n) is 13.7. The van der Waals surface area contributed by atoms with Gasteiger partial charge in [-0.15, -0.1) is 0 Å². The SMILES string of the molecule is NCCCCCCCCCCCNCC1CCCCC1. The van der Waals surface area contributed by atoms with Crippen molar-refractivity contribution in [2.24, 2.45) is 11.7 Å². The standard InChI is InChI=1S/C18H38N2/c19-15-11-6-4-2-1-3-5-7-12-16-20-17-18-13-9-8-10-14-18/h18,20H,1-17,19H2. The molecule has 1 rings (SSSR count). The molecule has 2 heteroatoms. The van der Waals surface area contributed by atoms with Gasteiger partial charge in [0, 0.05) is 0 Å². The van der Waals surface area contributed by atoms with E-state index in [1.807, 2.05) is 0 Å². The Labute approximate surface area is 127 Å². The zero-order valence-corrected chi connectivity index (χ0v) is 13.7. The first-order chi connectivity index (χ1) is 9.93. The van der Waals surface area contributed by atoms with Crippen molar-refractivity contribution in [3.63, 3.8) is 0 Å². The molecule has 1 saturated carbocycles. The molecule has 0 aromatic carbocycles. The molecule has 0 aliphatic heterocycles. The van der Waals surface area contributed by atoms with Crippen LogP contribution in [-0.4, -0.2) is 19.6 Å². The van der Waals surface area contributed by atoms with Gasteiger partial charge in [0.15, 0.2) is 0 Å². The zero-order chi connectivity index (χ0) is 14.3. The fourth-order valence-corrected chi connectivity index (χ4v) is 3.33. The Kier molecular flexibility index (Phi) is 12.5. The Hall–Kier alpha value is -0.0800. The van der Waals surface area contributed by atoms with Gasteiger partial charge in [0.25, 0.3) is 0 Å². The quantitative estimate of drug-likeness (QED) is 0.483. The molecule has 0 amide bonds. The van der Waals surface area contributed by atoms with Crippen molar-refractivity contribution in [2.75, 3.05) is 19.6 Å². The van der Waals surface area contributed by atoms with Crippen LogP contribution in [0.3, 0.4) is 0 Å². The van der Waals surface area contributed by atoms with Crippen molar-refractivity contribution in [3.05, 3.63) is 0 Å². The van der Waals surface area contributed by atoms with E-state index >= 15 is 0 Å². The number of nitrogens with one attached hydrogen (secondary N) is 1. The highest BCUT2D eigenvalue weighted by Crippen LogP contribution is 2.22. The van der Waals surface area contributed by atoms with Crippen LogP contribution in [0.1, 0.15) is 89.9 Å². The molecule has 0 heterocycles. The van der Waals surface area contributed by atoms with E-state index < -0.39 is 0 Å². The summed E-state index contributed by atoms with van der Waals surface area (Å²) < 4.78 is 0. The lowest BCUT2D eigenvalue weighted by Crippen LogP contribution is -2.25. The van der Waals surface area contributed by atoms with E-state index in [1.165, 1.54) is 103 Å². The van der Waals surface area contributed by atoms with Crippen molar-refractivity contribution in [1.29, 1.82) is 0 Å². The second-order valence-electron chi connectivity index (χ2n) is 6.68. The molecule has 3 N–H and O–H groups in total. The number of hydrogen-bond acceptors (Lipinski definition) is 2. The molecule has 0 unspecified atom stereocenters. The van der Waals surface area contributed by atoms with E-state index in [2.05, 4.69) is 5.32 Å². The second kappa shape index (κ2) is 13.9. The monoisotopic (exact) mass is 282 g/mol. The first-order valence-corrected chi connectivity index (χ1v) is 9.34. The third-order valence-corrected chi connectivity index (χ3v) is 4.72. The molecule has 0 aromatic rings. The molecule has 0 radical (unpaired) electrons. The van der Waals surface area contributed by atoms with Gasteiger partial charge in [0.1, 0.15) is 0 Å². The van der Waals surface area contributed by atoms with Crippen molar-refractivity contribution in [2.45, 2.75) is 89.9 Å². The molecule has 0 atom stereocenters. The number of hydrogen-bond donors (Lipinski definition) is 2. The van der Waals surface area contributed by atoms with Crippen LogP contribution in [0.4, 0.5) is 0 Å². The average molecular weight is 283 g/mol. The van der Waals surface area contributed by atoms with Crippen molar-refractivity contribution in [1.82, 2.24) is 5.32 Å². The maximum atomic E-state index is 5.49. The summed E-state index contributed by atoms with van der Waals surface area (Å²) in [4.78, 5) is 0. The van der Waals surface area contributed by atoms with Crippen LogP contribution in [0.15, 0.2) is 0 Å². The molecule has 0 saturated heterocycles. The molecule has 0 spiro atoms. The smallest absolute Gasteiger partial charge is 0.00205 e. The van der Waals surface area contributed by atoms with Gasteiger partial charge in [-0.05, 0) is 51.2 Å². The van der Waals surface area contributed by atoms with Gasteiger partial charge in [0.2, 0.25) is 0 Å². The van der Waals surface area contributed by atoms with E-state index in [4.69, 9.17) is 5.73 Å². The van der Waals surface area contributed by atoms with Crippen molar-refractivity contribution >= 4 is 0 Å². The number of unbranched alkanes of at least 4 members (excludes halogenated alkanes) is 8. The average Bonchev–Trinajstić information content (AvgIpc) is 2.49. The van der Waals surface area contributed by atoms with E-state index in [0.29, 0.717) is 0 Å². The molecule has 0 bridgehead atoms. The highest BCUT2D eigenvalue weighted by molar-refractivity contribution is 4.67. The fourth-order valence-electron chi connectivity index (χ4n) is 3.33. The summed E-state index contributed by atoms with van der Waals surface area (Å²) in [7, 11) is 0. The topological polar surface area (TPSA) is 38.0 Å². The van der Waals surface area contributed by atoms with Crippen LogP contribution >= 0.6 is 0 Å². The minimum absolute atomic E-state index is 0.869. The van der Waals surface area contributed by atoms with Crippen LogP contribution < -0.4 is 11.1 Å². The second-order valence-corrected chi connectivity index (χ2v) is 6.68. The first-order valence-electron chi connectivity index (χ1n) is 9.34. The third-order valence-electron chi connectivity index (χ3n) is 4.72.